The van der Waals surface area contributed by atoms with E-state index in [0.717, 1.165) is 100 Å². The predicted molar refractivity (Wildman–Crippen MR) is 251 cm³/mol. The van der Waals surface area contributed by atoms with E-state index in [1.165, 1.54) is 51.4 Å². The van der Waals surface area contributed by atoms with Gasteiger partial charge in [-0.25, -0.2) is 9.97 Å². The second-order valence-corrected chi connectivity index (χ2v) is 18.2. The molecule has 0 amide bonds. The van der Waals surface area contributed by atoms with Crippen LogP contribution >= 0.6 is 0 Å². The van der Waals surface area contributed by atoms with Crippen molar-refractivity contribution in [1.82, 2.24) is 24.3 Å². The molecular weight excluding hydrogens is 769 g/mol. The Kier molecular flexibility index (Phi) is 25.4. The summed E-state index contributed by atoms with van der Waals surface area (Å²) in [5, 5.41) is 33.1. The van der Waals surface area contributed by atoms with Crippen LogP contribution in [-0.4, -0.2) is 115 Å². The number of nitrogen functional groups attached to an aromatic ring is 1. The van der Waals surface area contributed by atoms with Gasteiger partial charge in [-0.2, -0.15) is 0 Å². The van der Waals surface area contributed by atoms with Crippen LogP contribution in [0.5, 0.6) is 0 Å². The zero-order valence-electron chi connectivity index (χ0n) is 39.2. The molecule has 3 atom stereocenters. The number of hydrogen-bond donors (Lipinski definition) is 4. The van der Waals surface area contributed by atoms with E-state index in [1.54, 1.807) is 0 Å². The summed E-state index contributed by atoms with van der Waals surface area (Å²) in [4.78, 5) is 27.3. The van der Waals surface area contributed by atoms with Crippen LogP contribution in [0, 0.1) is 0 Å². The number of esters is 1. The van der Waals surface area contributed by atoms with Gasteiger partial charge in [0.05, 0.1) is 35.9 Å². The van der Waals surface area contributed by atoms with Gasteiger partial charge >= 0.3 is 5.97 Å². The molecule has 1 aromatic carbocycles. The summed E-state index contributed by atoms with van der Waals surface area (Å²) < 4.78 is 14.0. The summed E-state index contributed by atoms with van der Waals surface area (Å²) in [5.41, 5.74) is 7.83. The molecule has 2 aromatic heterocycles. The molecule has 0 saturated carbocycles. The Balaban J connectivity index is 1.54. The molecule has 0 aliphatic rings. The Morgan fingerprint density at radius 2 is 1.33 bits per heavy atom. The number of benzene rings is 1. The minimum Gasteiger partial charge on any atom is -0.458 e. The molecule has 12 heteroatoms. The van der Waals surface area contributed by atoms with Crippen molar-refractivity contribution in [3.63, 3.8) is 0 Å². The largest absolute Gasteiger partial charge is 0.458 e. The summed E-state index contributed by atoms with van der Waals surface area (Å²) in [6.45, 7) is 17.5. The van der Waals surface area contributed by atoms with E-state index in [-0.39, 0.29) is 12.1 Å². The molecule has 3 unspecified atom stereocenters. The number of anilines is 1. The maximum absolute atomic E-state index is 13.3. The van der Waals surface area contributed by atoms with E-state index >= 15 is 0 Å². The molecule has 12 nitrogen and oxygen atoms in total. The normalized spacial score (nSPS) is 13.8. The van der Waals surface area contributed by atoms with Crippen molar-refractivity contribution < 1.29 is 29.6 Å². The van der Waals surface area contributed by atoms with E-state index in [9.17, 15) is 20.1 Å². The summed E-state index contributed by atoms with van der Waals surface area (Å²) >= 11 is 0. The summed E-state index contributed by atoms with van der Waals surface area (Å²) in [6, 6.07) is 7.86. The first-order valence-electron chi connectivity index (χ1n) is 24.2. The van der Waals surface area contributed by atoms with E-state index < -0.39 is 17.8 Å². The molecule has 5 N–H and O–H groups in total. The second kappa shape index (κ2) is 29.5. The molecule has 348 valence electrons. The fraction of sp³-hybridized carbons (Fsp3) is 0.776. The van der Waals surface area contributed by atoms with E-state index in [4.69, 9.17) is 20.2 Å². The smallest absolute Gasteiger partial charge is 0.306 e. The van der Waals surface area contributed by atoms with Crippen molar-refractivity contribution >= 4 is 33.7 Å². The molecular formula is C49H86N6O6. The van der Waals surface area contributed by atoms with E-state index in [2.05, 4.69) is 33.2 Å². The number of aromatic nitrogens is 3. The number of carbonyl (C=O) groups is 1. The van der Waals surface area contributed by atoms with Gasteiger partial charge in [-0.15, -0.1) is 0 Å². The van der Waals surface area contributed by atoms with Crippen molar-refractivity contribution in [2.24, 2.45) is 0 Å². The maximum Gasteiger partial charge on any atom is 0.306 e. The number of hydrogen-bond acceptors (Lipinski definition) is 11. The highest BCUT2D eigenvalue weighted by Gasteiger charge is 2.28. The Bertz CT molecular complexity index is 1630. The molecule has 0 aliphatic heterocycles. The Morgan fingerprint density at radius 1 is 0.754 bits per heavy atom. The molecule has 0 radical (unpaired) electrons. The monoisotopic (exact) mass is 855 g/mol. The number of ether oxygens (including phenoxy) is 2. The second-order valence-electron chi connectivity index (χ2n) is 18.2. The lowest BCUT2D eigenvalue weighted by Gasteiger charge is -2.29. The lowest BCUT2D eigenvalue weighted by atomic mass is 10.1. The predicted octanol–water partition coefficient (Wildman–Crippen LogP) is 9.18. The average Bonchev–Trinajstić information content (AvgIpc) is 3.56. The summed E-state index contributed by atoms with van der Waals surface area (Å²) in [6.07, 6.45) is 18.5. The first-order chi connectivity index (χ1) is 29.4. The Hall–Kier alpha value is -2.87. The molecule has 0 aliphatic carbocycles. The van der Waals surface area contributed by atoms with Crippen LogP contribution in [0.15, 0.2) is 24.3 Å². The van der Waals surface area contributed by atoms with Crippen molar-refractivity contribution in [1.29, 1.82) is 0 Å². The van der Waals surface area contributed by atoms with Crippen LogP contribution < -0.4 is 5.73 Å². The molecule has 61 heavy (non-hydrogen) atoms. The number of para-hydroxylation sites is 1. The van der Waals surface area contributed by atoms with Gasteiger partial charge in [0.2, 0.25) is 0 Å². The third kappa shape index (κ3) is 20.5. The van der Waals surface area contributed by atoms with Crippen molar-refractivity contribution in [2.45, 2.75) is 201 Å². The molecule has 3 aromatic rings. The van der Waals surface area contributed by atoms with Crippen molar-refractivity contribution in [2.75, 3.05) is 51.6 Å². The van der Waals surface area contributed by atoms with Crippen LogP contribution in [0.2, 0.25) is 0 Å². The number of aliphatic hydroxyl groups is 3. The fourth-order valence-corrected chi connectivity index (χ4v) is 8.47. The Morgan fingerprint density at radius 3 is 1.97 bits per heavy atom. The number of pyridine rings is 1. The van der Waals surface area contributed by atoms with Gasteiger partial charge in [-0.05, 0) is 85.5 Å². The lowest BCUT2D eigenvalue weighted by Crippen LogP contribution is -2.40. The van der Waals surface area contributed by atoms with E-state index in [0.29, 0.717) is 63.0 Å². The third-order valence-electron chi connectivity index (χ3n) is 11.6. The van der Waals surface area contributed by atoms with Crippen molar-refractivity contribution in [3.05, 3.63) is 30.1 Å². The SMILES string of the molecule is CCCCCCCCC(O)CN(CCCCCC(=O)OC(C)(C)Cn1c(COCC)nc2c(N)nc3ccccc3c21)CCCN(CC(C)O)CC(O)CCCCCCCC. The van der Waals surface area contributed by atoms with Crippen LogP contribution in [0.1, 0.15) is 169 Å². The zero-order chi connectivity index (χ0) is 44.5. The minimum atomic E-state index is -0.820. The number of aliphatic hydroxyl groups excluding tert-OH is 3. The first-order valence-corrected chi connectivity index (χ1v) is 24.2. The van der Waals surface area contributed by atoms with Gasteiger partial charge in [0.15, 0.2) is 5.82 Å². The third-order valence-corrected chi connectivity index (χ3v) is 11.6. The number of unbranched alkanes of at least 4 members (excludes halogenated alkanes) is 12. The highest BCUT2D eigenvalue weighted by molar-refractivity contribution is 6.06. The van der Waals surface area contributed by atoms with Gasteiger partial charge in [0.1, 0.15) is 23.5 Å². The molecule has 0 bridgehead atoms. The highest BCUT2D eigenvalue weighted by atomic mass is 16.6. The van der Waals surface area contributed by atoms with Gasteiger partial charge in [0, 0.05) is 38.0 Å². The standard InChI is InChI=1S/C49H86N6O6/c1-7-10-12-14-16-19-26-40(57)35-53(32-25-33-54(34-39(4)56)36-41(58)27-20-17-15-13-11-8-2)31-24-18-21-30-45(59)61-49(5,6)38-55-44(37-60-9-3)52-46-47(55)42-28-22-23-29-43(42)51-48(46)50/h22-23,28-29,39-41,56-58H,7-21,24-27,30-38H2,1-6H3,(H2,50,51). The van der Waals surface area contributed by atoms with Gasteiger partial charge in [0.25, 0.3) is 0 Å². The van der Waals surface area contributed by atoms with Gasteiger partial charge in [-0.1, -0.05) is 116 Å². The number of rotatable bonds is 36. The number of imidazole rings is 1. The summed E-state index contributed by atoms with van der Waals surface area (Å²) in [7, 11) is 0. The summed E-state index contributed by atoms with van der Waals surface area (Å²) in [5.74, 6) is 0.845. The van der Waals surface area contributed by atoms with Crippen LogP contribution in [0.4, 0.5) is 5.82 Å². The van der Waals surface area contributed by atoms with Crippen LogP contribution in [0.3, 0.4) is 0 Å². The van der Waals surface area contributed by atoms with Crippen molar-refractivity contribution in [3.8, 4) is 0 Å². The minimum absolute atomic E-state index is 0.227. The van der Waals surface area contributed by atoms with Crippen LogP contribution in [0.25, 0.3) is 21.9 Å². The maximum atomic E-state index is 13.3. The lowest BCUT2D eigenvalue weighted by molar-refractivity contribution is -0.157. The number of nitrogens with zero attached hydrogens (tertiary/aromatic N) is 5. The van der Waals surface area contributed by atoms with Crippen LogP contribution in [-0.2, 0) is 27.4 Å². The highest BCUT2D eigenvalue weighted by Crippen LogP contribution is 2.31. The first kappa shape index (κ1) is 52.5. The fourth-order valence-electron chi connectivity index (χ4n) is 8.47. The molecule has 2 heterocycles. The number of nitrogens with two attached hydrogens (primary N) is 1. The molecule has 0 saturated heterocycles. The van der Waals surface area contributed by atoms with Gasteiger partial charge in [-0.3, -0.25) is 9.69 Å². The zero-order valence-corrected chi connectivity index (χ0v) is 39.2. The molecule has 0 spiro atoms. The molecule has 0 fully saturated rings. The quantitative estimate of drug-likeness (QED) is 0.0326. The number of carbonyl (C=O) groups excluding carboxylic acids is 1. The van der Waals surface area contributed by atoms with Gasteiger partial charge < -0.3 is 40.0 Å². The Labute approximate surface area is 369 Å². The average molecular weight is 855 g/mol. The van der Waals surface area contributed by atoms with E-state index in [1.807, 2.05) is 52.0 Å². The topological polar surface area (TPSA) is 159 Å². The number of fused-ring (bicyclic) bond motifs is 3. The molecule has 3 rings (SSSR count).